The molecular formula is C18H25NO3S. The zero-order chi connectivity index (χ0) is 17.3. The van der Waals surface area contributed by atoms with Gasteiger partial charge in [-0.15, -0.1) is 0 Å². The molecule has 1 N–H and O–H groups in total. The standard InChI is InChI=1S/C18H25NO3S/c1-10(2)15(20)8-16(21)19-14(9-22-18(19)23)17-12(4)6-11(3)7-13(17)5/h6-7,10,14-15,20H,8-9H2,1-5H3/t14-,15-/m1/s1. The van der Waals surface area contributed by atoms with Gasteiger partial charge in [-0.25, -0.2) is 0 Å². The molecule has 2 rings (SSSR count). The summed E-state index contributed by atoms with van der Waals surface area (Å²) in [6.07, 6.45) is -0.617. The number of nitrogens with zero attached hydrogens (tertiary/aromatic N) is 1. The summed E-state index contributed by atoms with van der Waals surface area (Å²) in [6, 6.07) is 4.00. The molecule has 1 heterocycles. The average molecular weight is 335 g/mol. The summed E-state index contributed by atoms with van der Waals surface area (Å²) in [4.78, 5) is 14.2. The number of rotatable bonds is 4. The average Bonchev–Trinajstić information content (AvgIpc) is 2.79. The molecule has 1 aromatic carbocycles. The molecule has 1 amide bonds. The number of aryl methyl sites for hydroxylation is 3. The highest BCUT2D eigenvalue weighted by atomic mass is 32.1. The first-order valence-electron chi connectivity index (χ1n) is 7.97. The van der Waals surface area contributed by atoms with Crippen LogP contribution in [0.25, 0.3) is 0 Å². The van der Waals surface area contributed by atoms with E-state index in [1.54, 1.807) is 0 Å². The van der Waals surface area contributed by atoms with Crippen molar-refractivity contribution in [1.29, 1.82) is 0 Å². The van der Waals surface area contributed by atoms with Crippen LogP contribution >= 0.6 is 12.2 Å². The number of hydrogen-bond donors (Lipinski definition) is 1. The number of aliphatic hydroxyl groups excluding tert-OH is 1. The Morgan fingerprint density at radius 3 is 2.43 bits per heavy atom. The molecule has 0 spiro atoms. The zero-order valence-electron chi connectivity index (χ0n) is 14.4. The van der Waals surface area contributed by atoms with Crippen molar-refractivity contribution in [3.05, 3.63) is 34.4 Å². The van der Waals surface area contributed by atoms with Crippen LogP contribution in [0, 0.1) is 26.7 Å². The number of carbonyl (C=O) groups is 1. The van der Waals surface area contributed by atoms with Crippen LogP contribution in [0.15, 0.2) is 12.1 Å². The quantitative estimate of drug-likeness (QED) is 0.859. The number of carbonyl (C=O) groups excluding carboxylic acids is 1. The van der Waals surface area contributed by atoms with E-state index in [2.05, 4.69) is 19.1 Å². The third-order valence-corrected chi connectivity index (χ3v) is 4.68. The molecule has 0 radical (unpaired) electrons. The van der Waals surface area contributed by atoms with Gasteiger partial charge in [0.1, 0.15) is 12.6 Å². The molecule has 1 aromatic rings. The van der Waals surface area contributed by atoms with Crippen molar-refractivity contribution in [3.8, 4) is 0 Å². The number of ether oxygens (including phenoxy) is 1. The highest BCUT2D eigenvalue weighted by Crippen LogP contribution is 2.33. The highest BCUT2D eigenvalue weighted by Gasteiger charge is 2.38. The van der Waals surface area contributed by atoms with Gasteiger partial charge < -0.3 is 9.84 Å². The maximum absolute atomic E-state index is 12.6. The van der Waals surface area contributed by atoms with Crippen molar-refractivity contribution in [2.75, 3.05) is 6.61 Å². The monoisotopic (exact) mass is 335 g/mol. The molecule has 0 aliphatic carbocycles. The van der Waals surface area contributed by atoms with Gasteiger partial charge in [-0.05, 0) is 55.6 Å². The van der Waals surface area contributed by atoms with Crippen LogP contribution in [-0.2, 0) is 9.53 Å². The second kappa shape index (κ2) is 6.97. The van der Waals surface area contributed by atoms with Gasteiger partial charge >= 0.3 is 0 Å². The number of hydrogen-bond acceptors (Lipinski definition) is 4. The smallest absolute Gasteiger partial charge is 0.266 e. The Balaban J connectivity index is 2.32. The molecule has 126 valence electrons. The maximum atomic E-state index is 12.6. The second-order valence-electron chi connectivity index (χ2n) is 6.68. The first kappa shape index (κ1) is 17.9. The molecule has 1 fully saturated rings. The van der Waals surface area contributed by atoms with Crippen LogP contribution in [0.4, 0.5) is 0 Å². The van der Waals surface area contributed by atoms with Crippen LogP contribution in [-0.4, -0.2) is 33.8 Å². The minimum atomic E-state index is -0.674. The van der Waals surface area contributed by atoms with Gasteiger partial charge in [-0.1, -0.05) is 31.5 Å². The summed E-state index contributed by atoms with van der Waals surface area (Å²) in [5, 5.41) is 10.2. The van der Waals surface area contributed by atoms with Crippen molar-refractivity contribution < 1.29 is 14.6 Å². The lowest BCUT2D eigenvalue weighted by atomic mass is 9.93. The molecule has 0 saturated carbocycles. The van der Waals surface area contributed by atoms with Crippen molar-refractivity contribution in [2.45, 2.75) is 53.2 Å². The van der Waals surface area contributed by atoms with Crippen molar-refractivity contribution in [1.82, 2.24) is 4.90 Å². The summed E-state index contributed by atoms with van der Waals surface area (Å²) in [6.45, 7) is 10.3. The Kier molecular flexibility index (Phi) is 5.42. The van der Waals surface area contributed by atoms with E-state index in [0.29, 0.717) is 6.61 Å². The molecule has 5 heteroatoms. The third kappa shape index (κ3) is 3.72. The van der Waals surface area contributed by atoms with Gasteiger partial charge in [-0.2, -0.15) is 0 Å². The normalized spacial score (nSPS) is 19.2. The van der Waals surface area contributed by atoms with E-state index in [4.69, 9.17) is 17.0 Å². The minimum absolute atomic E-state index is 0.0253. The SMILES string of the molecule is Cc1cc(C)c([C@H]2COC(=S)N2C(=O)C[C@@H](O)C(C)C)c(C)c1. The zero-order valence-corrected chi connectivity index (χ0v) is 15.2. The molecule has 23 heavy (non-hydrogen) atoms. The molecule has 1 aliphatic rings. The van der Waals surface area contributed by atoms with Gasteiger partial charge in [0.15, 0.2) is 0 Å². The molecule has 0 unspecified atom stereocenters. The summed E-state index contributed by atoms with van der Waals surface area (Å²) in [7, 11) is 0. The number of aliphatic hydroxyl groups is 1. The lowest BCUT2D eigenvalue weighted by molar-refractivity contribution is -0.131. The first-order chi connectivity index (χ1) is 10.7. The van der Waals surface area contributed by atoms with E-state index in [9.17, 15) is 9.90 Å². The predicted octanol–water partition coefficient (Wildman–Crippen LogP) is 3.20. The molecule has 1 aliphatic heterocycles. The number of amides is 1. The van der Waals surface area contributed by atoms with Crippen LogP contribution in [0.3, 0.4) is 0 Å². The summed E-state index contributed by atoms with van der Waals surface area (Å²) < 4.78 is 5.49. The first-order valence-corrected chi connectivity index (χ1v) is 8.37. The highest BCUT2D eigenvalue weighted by molar-refractivity contribution is 7.80. The lowest BCUT2D eigenvalue weighted by Crippen LogP contribution is -2.37. The molecule has 1 saturated heterocycles. The fourth-order valence-corrected chi connectivity index (χ4v) is 3.44. The van der Waals surface area contributed by atoms with Crippen LogP contribution in [0.5, 0.6) is 0 Å². The fourth-order valence-electron chi connectivity index (χ4n) is 3.14. The van der Waals surface area contributed by atoms with Gasteiger partial charge in [0.25, 0.3) is 5.17 Å². The topological polar surface area (TPSA) is 49.8 Å². The van der Waals surface area contributed by atoms with E-state index in [-0.39, 0.29) is 29.5 Å². The number of benzene rings is 1. The molecule has 0 aromatic heterocycles. The minimum Gasteiger partial charge on any atom is -0.468 e. The largest absolute Gasteiger partial charge is 0.468 e. The Morgan fingerprint density at radius 1 is 1.35 bits per heavy atom. The second-order valence-corrected chi connectivity index (χ2v) is 7.03. The van der Waals surface area contributed by atoms with Gasteiger partial charge in [-0.3, -0.25) is 9.69 Å². The number of thiocarbonyl (C=S) groups is 1. The van der Waals surface area contributed by atoms with Crippen LogP contribution < -0.4 is 0 Å². The van der Waals surface area contributed by atoms with E-state index in [1.165, 1.54) is 10.5 Å². The molecule has 4 nitrogen and oxygen atoms in total. The van der Waals surface area contributed by atoms with Crippen LogP contribution in [0.2, 0.25) is 0 Å². The molecule has 2 atom stereocenters. The predicted molar refractivity (Wildman–Crippen MR) is 94.3 cm³/mol. The lowest BCUT2D eigenvalue weighted by Gasteiger charge is -2.26. The van der Waals surface area contributed by atoms with Gasteiger partial charge in [0, 0.05) is 0 Å². The van der Waals surface area contributed by atoms with E-state index in [0.717, 1.165) is 16.7 Å². The maximum Gasteiger partial charge on any atom is 0.266 e. The summed E-state index contributed by atoms with van der Waals surface area (Å²) in [5.74, 6) is -0.157. The van der Waals surface area contributed by atoms with E-state index >= 15 is 0 Å². The van der Waals surface area contributed by atoms with Crippen molar-refractivity contribution >= 4 is 23.3 Å². The Labute approximate surface area is 143 Å². The van der Waals surface area contributed by atoms with Gasteiger partial charge in [0.05, 0.1) is 12.5 Å². The Hall–Kier alpha value is -1.46. The fraction of sp³-hybridized carbons (Fsp3) is 0.556. The summed E-state index contributed by atoms with van der Waals surface area (Å²) in [5.41, 5.74) is 4.53. The molecule has 0 bridgehead atoms. The van der Waals surface area contributed by atoms with E-state index < -0.39 is 6.10 Å². The third-order valence-electron chi connectivity index (χ3n) is 4.37. The Morgan fingerprint density at radius 2 is 1.91 bits per heavy atom. The van der Waals surface area contributed by atoms with Crippen molar-refractivity contribution in [2.24, 2.45) is 5.92 Å². The Bertz CT molecular complexity index is 604. The summed E-state index contributed by atoms with van der Waals surface area (Å²) >= 11 is 5.23. The molecular weight excluding hydrogens is 310 g/mol. The van der Waals surface area contributed by atoms with Crippen LogP contribution in [0.1, 0.15) is 48.6 Å². The van der Waals surface area contributed by atoms with E-state index in [1.807, 2.05) is 27.7 Å². The van der Waals surface area contributed by atoms with Gasteiger partial charge in [0.2, 0.25) is 5.91 Å². The van der Waals surface area contributed by atoms with Crippen molar-refractivity contribution in [3.63, 3.8) is 0 Å².